The molecule has 0 aliphatic heterocycles. The lowest BCUT2D eigenvalue weighted by Crippen LogP contribution is -2.18. The van der Waals surface area contributed by atoms with Gasteiger partial charge in [0, 0.05) is 22.8 Å². The highest BCUT2D eigenvalue weighted by molar-refractivity contribution is 6.31. The molecule has 2 aromatic carbocycles. The Morgan fingerprint density at radius 2 is 1.92 bits per heavy atom. The Hall–Kier alpha value is -1.92. The monoisotopic (exact) mass is 348 g/mol. The standard InChI is InChI=1S/C18H21ClN2O3/c1-23-20-10-12-24-11-9-15-13-16(7-8-17(15)19)21-18(22)14-5-3-2-4-6-14/h2-8,13,20H,9-12H2,1H3,(H,21,22). The van der Waals surface area contributed by atoms with Crippen molar-refractivity contribution in [3.63, 3.8) is 0 Å². The van der Waals surface area contributed by atoms with Gasteiger partial charge in [-0.25, -0.2) is 5.48 Å². The van der Waals surface area contributed by atoms with Gasteiger partial charge in [-0.2, -0.15) is 0 Å². The first-order valence-corrected chi connectivity index (χ1v) is 8.07. The highest BCUT2D eigenvalue weighted by Gasteiger charge is 2.07. The molecule has 24 heavy (non-hydrogen) atoms. The summed E-state index contributed by atoms with van der Waals surface area (Å²) >= 11 is 6.21. The summed E-state index contributed by atoms with van der Waals surface area (Å²) in [6.07, 6.45) is 0.668. The largest absolute Gasteiger partial charge is 0.380 e. The summed E-state index contributed by atoms with van der Waals surface area (Å²) in [6, 6.07) is 14.5. The second-order valence-corrected chi connectivity index (χ2v) is 5.49. The van der Waals surface area contributed by atoms with E-state index in [1.807, 2.05) is 24.3 Å². The van der Waals surface area contributed by atoms with Gasteiger partial charge in [0.25, 0.3) is 5.91 Å². The molecule has 2 rings (SSSR count). The summed E-state index contributed by atoms with van der Waals surface area (Å²) < 4.78 is 5.50. The zero-order valence-corrected chi connectivity index (χ0v) is 14.3. The number of hydrogen-bond acceptors (Lipinski definition) is 4. The molecule has 0 bridgehead atoms. The molecule has 6 heteroatoms. The fourth-order valence-electron chi connectivity index (χ4n) is 2.14. The molecule has 0 saturated heterocycles. The number of halogens is 1. The van der Waals surface area contributed by atoms with Crippen LogP contribution >= 0.6 is 11.6 Å². The van der Waals surface area contributed by atoms with Gasteiger partial charge in [-0.15, -0.1) is 0 Å². The molecular formula is C18H21ClN2O3. The fourth-order valence-corrected chi connectivity index (χ4v) is 2.35. The molecule has 0 fully saturated rings. The van der Waals surface area contributed by atoms with Crippen molar-refractivity contribution >= 4 is 23.2 Å². The van der Waals surface area contributed by atoms with E-state index in [-0.39, 0.29) is 5.91 Å². The van der Waals surface area contributed by atoms with E-state index in [2.05, 4.69) is 10.8 Å². The SMILES string of the molecule is CONCCOCCc1cc(NC(=O)c2ccccc2)ccc1Cl. The van der Waals surface area contributed by atoms with E-state index in [1.54, 1.807) is 31.4 Å². The van der Waals surface area contributed by atoms with E-state index in [9.17, 15) is 4.79 Å². The van der Waals surface area contributed by atoms with E-state index in [0.717, 1.165) is 5.56 Å². The molecule has 0 saturated carbocycles. The Balaban J connectivity index is 1.89. The minimum atomic E-state index is -0.147. The lowest BCUT2D eigenvalue weighted by Gasteiger charge is -2.10. The Kier molecular flexibility index (Phi) is 7.71. The number of hydrogen-bond donors (Lipinski definition) is 2. The van der Waals surface area contributed by atoms with Crippen LogP contribution in [-0.4, -0.2) is 32.8 Å². The maximum atomic E-state index is 12.2. The van der Waals surface area contributed by atoms with Crippen molar-refractivity contribution in [3.05, 3.63) is 64.7 Å². The number of rotatable bonds is 9. The third kappa shape index (κ3) is 5.94. The lowest BCUT2D eigenvalue weighted by atomic mass is 10.1. The van der Waals surface area contributed by atoms with E-state index in [4.69, 9.17) is 21.2 Å². The predicted molar refractivity (Wildman–Crippen MR) is 95.4 cm³/mol. The van der Waals surface area contributed by atoms with Gasteiger partial charge in [0.1, 0.15) is 0 Å². The summed E-state index contributed by atoms with van der Waals surface area (Å²) in [5.41, 5.74) is 4.96. The van der Waals surface area contributed by atoms with Gasteiger partial charge < -0.3 is 14.9 Å². The molecule has 0 heterocycles. The number of carbonyl (C=O) groups excluding carboxylic acids is 1. The maximum Gasteiger partial charge on any atom is 0.255 e. The van der Waals surface area contributed by atoms with Gasteiger partial charge in [-0.3, -0.25) is 4.79 Å². The minimum Gasteiger partial charge on any atom is -0.380 e. The van der Waals surface area contributed by atoms with Crippen molar-refractivity contribution in [2.24, 2.45) is 0 Å². The molecular weight excluding hydrogens is 328 g/mol. The minimum absolute atomic E-state index is 0.147. The van der Waals surface area contributed by atoms with Crippen molar-refractivity contribution in [1.82, 2.24) is 5.48 Å². The second-order valence-electron chi connectivity index (χ2n) is 5.09. The molecule has 0 aliphatic rings. The molecule has 0 atom stereocenters. The molecule has 0 aromatic heterocycles. The van der Waals surface area contributed by atoms with Crippen LogP contribution in [0.25, 0.3) is 0 Å². The number of amides is 1. The number of carbonyl (C=O) groups is 1. The van der Waals surface area contributed by atoms with Crippen LogP contribution in [-0.2, 0) is 16.0 Å². The van der Waals surface area contributed by atoms with Gasteiger partial charge in [-0.1, -0.05) is 29.8 Å². The number of nitrogens with one attached hydrogen (secondary N) is 2. The van der Waals surface area contributed by atoms with Gasteiger partial charge in [0.15, 0.2) is 0 Å². The van der Waals surface area contributed by atoms with Gasteiger partial charge in [0.2, 0.25) is 0 Å². The Labute approximate surface area is 146 Å². The first-order chi connectivity index (χ1) is 11.7. The van der Waals surface area contributed by atoms with Crippen LogP contribution in [0, 0.1) is 0 Å². The van der Waals surface area contributed by atoms with Crippen molar-refractivity contribution in [2.75, 3.05) is 32.2 Å². The second kappa shape index (κ2) is 10.1. The maximum absolute atomic E-state index is 12.2. The smallest absolute Gasteiger partial charge is 0.255 e. The number of ether oxygens (including phenoxy) is 1. The van der Waals surface area contributed by atoms with Gasteiger partial charge in [0.05, 0.1) is 20.3 Å². The average molecular weight is 349 g/mol. The zero-order valence-electron chi connectivity index (χ0n) is 13.5. The summed E-state index contributed by atoms with van der Waals surface area (Å²) in [4.78, 5) is 16.9. The molecule has 2 aromatic rings. The zero-order chi connectivity index (χ0) is 17.2. The van der Waals surface area contributed by atoms with Crippen LogP contribution in [0.3, 0.4) is 0 Å². The number of benzene rings is 2. The lowest BCUT2D eigenvalue weighted by molar-refractivity contribution is 0.0562. The Morgan fingerprint density at radius 3 is 2.67 bits per heavy atom. The summed E-state index contributed by atoms with van der Waals surface area (Å²) in [7, 11) is 1.56. The molecule has 0 unspecified atom stereocenters. The average Bonchev–Trinajstić information content (AvgIpc) is 2.61. The summed E-state index contributed by atoms with van der Waals surface area (Å²) in [5.74, 6) is -0.147. The third-order valence-corrected chi connectivity index (χ3v) is 3.72. The fraction of sp³-hybridized carbons (Fsp3) is 0.278. The molecule has 128 valence electrons. The number of hydroxylamine groups is 1. The van der Waals surface area contributed by atoms with E-state index in [0.29, 0.717) is 42.5 Å². The van der Waals surface area contributed by atoms with E-state index in [1.165, 1.54) is 0 Å². The van der Waals surface area contributed by atoms with Crippen LogP contribution in [0.4, 0.5) is 5.69 Å². The predicted octanol–water partition coefficient (Wildman–Crippen LogP) is 3.30. The third-order valence-electron chi connectivity index (χ3n) is 3.35. The quantitative estimate of drug-likeness (QED) is 0.539. The van der Waals surface area contributed by atoms with Gasteiger partial charge >= 0.3 is 0 Å². The van der Waals surface area contributed by atoms with Crippen LogP contribution in [0.2, 0.25) is 5.02 Å². The van der Waals surface area contributed by atoms with Crippen molar-refractivity contribution in [2.45, 2.75) is 6.42 Å². The van der Waals surface area contributed by atoms with E-state index >= 15 is 0 Å². The van der Waals surface area contributed by atoms with Crippen LogP contribution in [0.5, 0.6) is 0 Å². The first-order valence-electron chi connectivity index (χ1n) is 7.69. The van der Waals surface area contributed by atoms with Crippen molar-refractivity contribution < 1.29 is 14.4 Å². The van der Waals surface area contributed by atoms with Crippen LogP contribution < -0.4 is 10.8 Å². The Bertz CT molecular complexity index is 650. The Morgan fingerprint density at radius 1 is 1.12 bits per heavy atom. The number of anilines is 1. The molecule has 0 radical (unpaired) electrons. The highest BCUT2D eigenvalue weighted by atomic mass is 35.5. The van der Waals surface area contributed by atoms with Crippen LogP contribution in [0.1, 0.15) is 15.9 Å². The summed E-state index contributed by atoms with van der Waals surface area (Å²) in [6.45, 7) is 1.72. The van der Waals surface area contributed by atoms with Crippen molar-refractivity contribution in [3.8, 4) is 0 Å². The van der Waals surface area contributed by atoms with E-state index < -0.39 is 0 Å². The molecule has 0 spiro atoms. The molecule has 2 N–H and O–H groups in total. The molecule has 0 aliphatic carbocycles. The topological polar surface area (TPSA) is 59.6 Å². The summed E-state index contributed by atoms with van der Waals surface area (Å²) in [5, 5.41) is 3.54. The highest BCUT2D eigenvalue weighted by Crippen LogP contribution is 2.21. The van der Waals surface area contributed by atoms with Crippen LogP contribution in [0.15, 0.2) is 48.5 Å². The molecule has 1 amide bonds. The van der Waals surface area contributed by atoms with Crippen molar-refractivity contribution in [1.29, 1.82) is 0 Å². The molecule has 5 nitrogen and oxygen atoms in total. The first kappa shape index (κ1) is 18.4. The van der Waals surface area contributed by atoms with Gasteiger partial charge in [-0.05, 0) is 42.3 Å². The normalized spacial score (nSPS) is 10.6.